The summed E-state index contributed by atoms with van der Waals surface area (Å²) in [7, 11) is 3.50. The van der Waals surface area contributed by atoms with Crippen molar-refractivity contribution in [1.29, 1.82) is 5.41 Å². The summed E-state index contributed by atoms with van der Waals surface area (Å²) in [4.78, 5) is 2.00. The van der Waals surface area contributed by atoms with Crippen LogP contribution in [0.2, 0.25) is 0 Å². The van der Waals surface area contributed by atoms with Crippen LogP contribution in [0.4, 0.5) is 8.78 Å². The Kier molecular flexibility index (Phi) is 9.78. The number of aliphatic hydroxyl groups excluding tert-OH is 1. The lowest BCUT2D eigenvalue weighted by Crippen LogP contribution is -2.34. The number of hydrogen-bond donors (Lipinski definition) is 3. The third-order valence-electron chi connectivity index (χ3n) is 4.81. The Labute approximate surface area is 175 Å². The summed E-state index contributed by atoms with van der Waals surface area (Å²) in [6.07, 6.45) is 9.17. The van der Waals surface area contributed by atoms with Crippen molar-refractivity contribution in [3.63, 3.8) is 0 Å². The van der Waals surface area contributed by atoms with E-state index in [0.717, 1.165) is 29.7 Å². The first-order valence-corrected chi connectivity index (χ1v) is 10.4. The Morgan fingerprint density at radius 3 is 2.69 bits per heavy atom. The highest BCUT2D eigenvalue weighted by Gasteiger charge is 2.25. The van der Waals surface area contributed by atoms with Crippen LogP contribution < -0.4 is 5.32 Å². The minimum absolute atomic E-state index is 0.0566. The predicted octanol–water partition coefficient (Wildman–Crippen LogP) is 5.69. The first-order valence-electron chi connectivity index (χ1n) is 9.84. The highest BCUT2D eigenvalue weighted by Crippen LogP contribution is 2.32. The van der Waals surface area contributed by atoms with E-state index in [2.05, 4.69) is 18.8 Å². The summed E-state index contributed by atoms with van der Waals surface area (Å²) in [6, 6.07) is -0.0566. The molecule has 0 saturated heterocycles. The van der Waals surface area contributed by atoms with E-state index in [1.807, 2.05) is 37.9 Å². The third-order valence-corrected chi connectivity index (χ3v) is 5.10. The van der Waals surface area contributed by atoms with Gasteiger partial charge in [0.1, 0.15) is 5.76 Å². The number of nitrogens with zero attached hydrogens (tertiary/aromatic N) is 1. The van der Waals surface area contributed by atoms with Crippen molar-refractivity contribution in [3.8, 4) is 0 Å². The topological polar surface area (TPSA) is 59.4 Å². The molecular weight excluding hydrogens is 391 g/mol. The molecular formula is C22H34F2N3OP. The molecule has 4 nitrogen and oxygen atoms in total. The van der Waals surface area contributed by atoms with Gasteiger partial charge in [0, 0.05) is 38.0 Å². The van der Waals surface area contributed by atoms with E-state index in [4.69, 9.17) is 5.41 Å². The van der Waals surface area contributed by atoms with Crippen LogP contribution in [0.3, 0.4) is 0 Å². The standard InChI is InChI=1S/C22H34F2N3OP/c1-6-7-8-9-20(25)19(17(4)28)13-26-16(3)18-12-15(2)21(27(5)14-18)10-11-22(23,24)29/h8-9,12-13,16,25-26,28H,4,6-7,10-11,14,29H2,1-3,5H3/b9-8-,19-13-,25-20?. The number of unbranched alkanes of at least 4 members (excludes halogenated alkanes) is 1. The number of hydrogen-bond acceptors (Lipinski definition) is 4. The van der Waals surface area contributed by atoms with Crippen LogP contribution in [0, 0.1) is 5.41 Å². The molecule has 1 heterocycles. The van der Waals surface area contributed by atoms with Gasteiger partial charge in [0.2, 0.25) is 0 Å². The molecule has 1 aliphatic heterocycles. The second-order valence-corrected chi connectivity index (χ2v) is 8.31. The van der Waals surface area contributed by atoms with Crippen LogP contribution >= 0.6 is 9.24 Å². The maximum Gasteiger partial charge on any atom is 0.259 e. The number of aliphatic hydroxyl groups is 1. The number of alkyl halides is 2. The van der Waals surface area contributed by atoms with E-state index in [1.165, 1.54) is 0 Å². The van der Waals surface area contributed by atoms with E-state index >= 15 is 0 Å². The fraction of sp³-hybridized carbons (Fsp3) is 0.500. The molecule has 0 bridgehead atoms. The molecule has 0 amide bonds. The summed E-state index contributed by atoms with van der Waals surface area (Å²) in [5.41, 5.74) is 0.769. The monoisotopic (exact) mass is 425 g/mol. The lowest BCUT2D eigenvalue weighted by Gasteiger charge is -2.32. The quantitative estimate of drug-likeness (QED) is 0.172. The van der Waals surface area contributed by atoms with Crippen molar-refractivity contribution >= 4 is 15.0 Å². The van der Waals surface area contributed by atoms with E-state index < -0.39 is 5.66 Å². The Hall–Kier alpha value is -1.94. The summed E-state index contributed by atoms with van der Waals surface area (Å²) in [5, 5.41) is 21.2. The molecule has 1 aliphatic rings. The molecule has 0 aromatic carbocycles. The number of nitrogens with one attached hydrogen (secondary N) is 2. The molecule has 3 N–H and O–H groups in total. The molecule has 0 radical (unpaired) electrons. The molecule has 7 heteroatoms. The average Bonchev–Trinajstić information content (AvgIpc) is 2.59. The van der Waals surface area contributed by atoms with E-state index in [-0.39, 0.29) is 23.9 Å². The zero-order valence-electron chi connectivity index (χ0n) is 17.9. The smallest absolute Gasteiger partial charge is 0.259 e. The molecule has 0 aliphatic carbocycles. The molecule has 0 spiro atoms. The van der Waals surface area contributed by atoms with Crippen LogP contribution in [0.15, 0.2) is 59.2 Å². The second kappa shape index (κ2) is 11.3. The van der Waals surface area contributed by atoms with Crippen molar-refractivity contribution in [1.82, 2.24) is 10.2 Å². The van der Waals surface area contributed by atoms with Crippen molar-refractivity contribution < 1.29 is 13.9 Å². The lowest BCUT2D eigenvalue weighted by molar-refractivity contribution is 0.0924. The van der Waals surface area contributed by atoms with E-state index in [1.54, 1.807) is 21.5 Å². The minimum atomic E-state index is -2.75. The van der Waals surface area contributed by atoms with Gasteiger partial charge in [-0.3, -0.25) is 0 Å². The van der Waals surface area contributed by atoms with Crippen LogP contribution in [0.1, 0.15) is 46.5 Å². The summed E-state index contributed by atoms with van der Waals surface area (Å²) in [6.45, 7) is 10.2. The second-order valence-electron chi connectivity index (χ2n) is 7.46. The Bertz CT molecular complexity index is 733. The van der Waals surface area contributed by atoms with Gasteiger partial charge in [0.15, 0.2) is 0 Å². The number of halogens is 2. The maximum absolute atomic E-state index is 13.2. The van der Waals surface area contributed by atoms with Crippen LogP contribution in [-0.2, 0) is 0 Å². The van der Waals surface area contributed by atoms with Crippen LogP contribution in [0.25, 0.3) is 0 Å². The van der Waals surface area contributed by atoms with Gasteiger partial charge >= 0.3 is 0 Å². The molecule has 1 rings (SSSR count). The summed E-state index contributed by atoms with van der Waals surface area (Å²) >= 11 is 0. The van der Waals surface area contributed by atoms with Gasteiger partial charge in [-0.15, -0.1) is 0 Å². The van der Waals surface area contributed by atoms with Gasteiger partial charge in [0.05, 0.1) is 11.3 Å². The molecule has 29 heavy (non-hydrogen) atoms. The molecule has 0 saturated carbocycles. The predicted molar refractivity (Wildman–Crippen MR) is 122 cm³/mol. The van der Waals surface area contributed by atoms with E-state index in [0.29, 0.717) is 18.5 Å². The lowest BCUT2D eigenvalue weighted by atomic mass is 9.97. The fourth-order valence-electron chi connectivity index (χ4n) is 3.10. The number of allylic oxidation sites excluding steroid dienone is 6. The average molecular weight is 426 g/mol. The molecule has 0 fully saturated rings. The highest BCUT2D eigenvalue weighted by atomic mass is 31.0. The van der Waals surface area contributed by atoms with Crippen molar-refractivity contribution in [2.24, 2.45) is 0 Å². The zero-order chi connectivity index (χ0) is 22.2. The first-order chi connectivity index (χ1) is 13.5. The van der Waals surface area contributed by atoms with Gasteiger partial charge in [-0.25, -0.2) is 8.78 Å². The Balaban J connectivity index is 2.90. The molecule has 2 atom stereocenters. The van der Waals surface area contributed by atoms with Gasteiger partial charge < -0.3 is 20.7 Å². The zero-order valence-corrected chi connectivity index (χ0v) is 19.0. The summed E-state index contributed by atoms with van der Waals surface area (Å²) < 4.78 is 26.4. The Morgan fingerprint density at radius 1 is 1.52 bits per heavy atom. The largest absolute Gasteiger partial charge is 0.508 e. The number of likely N-dealkylation sites (N-methyl/N-ethyl adjacent to an activating group) is 1. The normalized spacial score (nSPS) is 16.9. The van der Waals surface area contributed by atoms with E-state index in [9.17, 15) is 13.9 Å². The first kappa shape index (κ1) is 25.1. The minimum Gasteiger partial charge on any atom is -0.508 e. The Morgan fingerprint density at radius 2 is 2.17 bits per heavy atom. The molecule has 162 valence electrons. The van der Waals surface area contributed by atoms with Gasteiger partial charge in [0.25, 0.3) is 5.66 Å². The molecule has 0 aromatic rings. The van der Waals surface area contributed by atoms with Crippen molar-refractivity contribution in [2.45, 2.75) is 58.2 Å². The van der Waals surface area contributed by atoms with Gasteiger partial charge in [-0.2, -0.15) is 0 Å². The SMILES string of the molecule is C=C(O)/C(=C/NC(C)C1=CC(C)=C(CCC(F)(F)P)N(C)C1)C(=N)/C=C\CCC. The fourth-order valence-corrected chi connectivity index (χ4v) is 3.25. The molecule has 2 unspecified atom stereocenters. The van der Waals surface area contributed by atoms with Crippen molar-refractivity contribution in [2.75, 3.05) is 13.6 Å². The highest BCUT2D eigenvalue weighted by molar-refractivity contribution is 7.18. The van der Waals surface area contributed by atoms with Crippen LogP contribution in [-0.4, -0.2) is 41.0 Å². The maximum atomic E-state index is 13.2. The van der Waals surface area contributed by atoms with Crippen molar-refractivity contribution in [3.05, 3.63) is 59.2 Å². The van der Waals surface area contributed by atoms with Gasteiger partial charge in [-0.1, -0.05) is 41.3 Å². The molecule has 0 aromatic heterocycles. The summed E-state index contributed by atoms with van der Waals surface area (Å²) in [5.74, 6) is -0.165. The van der Waals surface area contributed by atoms with Gasteiger partial charge in [-0.05, 0) is 43.9 Å². The van der Waals surface area contributed by atoms with Crippen LogP contribution in [0.5, 0.6) is 0 Å². The third kappa shape index (κ3) is 8.53. The number of rotatable bonds is 11.